The van der Waals surface area contributed by atoms with E-state index in [1.54, 1.807) is 23.7 Å². The third-order valence-electron chi connectivity index (χ3n) is 2.40. The third kappa shape index (κ3) is 1.94. The van der Waals surface area contributed by atoms with Crippen molar-refractivity contribution in [2.24, 2.45) is 0 Å². The Bertz CT molecular complexity index is 628. The first-order valence-corrected chi connectivity index (χ1v) is 6.06. The van der Waals surface area contributed by atoms with Crippen LogP contribution in [0.2, 0.25) is 0 Å². The Balaban J connectivity index is 1.91. The zero-order valence-electron chi connectivity index (χ0n) is 9.00. The molecular formula is C11H11N5S. The molecule has 0 atom stereocenters. The van der Waals surface area contributed by atoms with E-state index in [9.17, 15) is 0 Å². The van der Waals surface area contributed by atoms with E-state index in [-0.39, 0.29) is 0 Å². The first kappa shape index (κ1) is 10.1. The monoisotopic (exact) mass is 245 g/mol. The standard InChI is InChI=1S/C11H11N5S/c12-9-7-16-4-3-13-11(16)10(15-9)14-6-8-2-1-5-17-8/h1-5,7H,6,12H2,(H,14,15). The number of nitrogens with zero attached hydrogens (tertiary/aromatic N) is 3. The number of nitrogen functional groups attached to an aromatic ring is 1. The van der Waals surface area contributed by atoms with Gasteiger partial charge in [0.2, 0.25) is 0 Å². The van der Waals surface area contributed by atoms with Crippen LogP contribution < -0.4 is 11.1 Å². The van der Waals surface area contributed by atoms with Crippen LogP contribution in [0.4, 0.5) is 11.6 Å². The number of fused-ring (bicyclic) bond motifs is 1. The summed E-state index contributed by atoms with van der Waals surface area (Å²) in [5, 5.41) is 5.30. The summed E-state index contributed by atoms with van der Waals surface area (Å²) in [5.41, 5.74) is 6.52. The second-order valence-electron chi connectivity index (χ2n) is 3.61. The number of nitrogens with one attached hydrogen (secondary N) is 1. The van der Waals surface area contributed by atoms with Gasteiger partial charge in [0, 0.05) is 17.3 Å². The number of hydrogen-bond acceptors (Lipinski definition) is 5. The van der Waals surface area contributed by atoms with Crippen LogP contribution in [0.25, 0.3) is 5.65 Å². The number of aromatic nitrogens is 3. The molecule has 0 aromatic carbocycles. The van der Waals surface area contributed by atoms with E-state index < -0.39 is 0 Å². The average molecular weight is 245 g/mol. The molecule has 0 fully saturated rings. The van der Waals surface area contributed by atoms with Crippen molar-refractivity contribution < 1.29 is 0 Å². The predicted octanol–water partition coefficient (Wildman–Crippen LogP) is 1.99. The summed E-state index contributed by atoms with van der Waals surface area (Å²) in [4.78, 5) is 9.76. The molecule has 0 aliphatic rings. The van der Waals surface area contributed by atoms with Gasteiger partial charge in [-0.05, 0) is 11.4 Å². The topological polar surface area (TPSA) is 68.2 Å². The fourth-order valence-corrected chi connectivity index (χ4v) is 2.30. The summed E-state index contributed by atoms with van der Waals surface area (Å²) in [5.74, 6) is 1.19. The molecule has 3 heterocycles. The molecule has 0 unspecified atom stereocenters. The molecule has 86 valence electrons. The summed E-state index contributed by atoms with van der Waals surface area (Å²) < 4.78 is 1.86. The molecule has 0 aliphatic carbocycles. The van der Waals surface area contributed by atoms with Crippen molar-refractivity contribution in [2.75, 3.05) is 11.1 Å². The van der Waals surface area contributed by atoms with E-state index in [2.05, 4.69) is 26.7 Å². The third-order valence-corrected chi connectivity index (χ3v) is 3.28. The Morgan fingerprint density at radius 1 is 1.47 bits per heavy atom. The van der Waals surface area contributed by atoms with Crippen LogP contribution in [0.15, 0.2) is 36.1 Å². The second-order valence-corrected chi connectivity index (χ2v) is 4.64. The van der Waals surface area contributed by atoms with Crippen LogP contribution in [-0.2, 0) is 6.54 Å². The molecular weight excluding hydrogens is 234 g/mol. The van der Waals surface area contributed by atoms with Crippen molar-refractivity contribution in [2.45, 2.75) is 6.54 Å². The van der Waals surface area contributed by atoms with Gasteiger partial charge >= 0.3 is 0 Å². The van der Waals surface area contributed by atoms with Gasteiger partial charge in [-0.3, -0.25) is 0 Å². The molecule has 3 N–H and O–H groups in total. The molecule has 3 rings (SSSR count). The highest BCUT2D eigenvalue weighted by atomic mass is 32.1. The van der Waals surface area contributed by atoms with Crippen LogP contribution >= 0.6 is 11.3 Å². The zero-order chi connectivity index (χ0) is 11.7. The van der Waals surface area contributed by atoms with Crippen molar-refractivity contribution >= 4 is 28.6 Å². The molecule has 17 heavy (non-hydrogen) atoms. The minimum atomic E-state index is 0.476. The Hall–Kier alpha value is -2.08. The Morgan fingerprint density at radius 3 is 3.24 bits per heavy atom. The zero-order valence-corrected chi connectivity index (χ0v) is 9.81. The summed E-state index contributed by atoms with van der Waals surface area (Å²) >= 11 is 1.71. The fraction of sp³-hybridized carbons (Fsp3) is 0.0909. The lowest BCUT2D eigenvalue weighted by Crippen LogP contribution is -2.05. The lowest BCUT2D eigenvalue weighted by Gasteiger charge is -2.06. The first-order chi connectivity index (χ1) is 8.33. The maximum Gasteiger partial charge on any atom is 0.180 e. The highest BCUT2D eigenvalue weighted by Gasteiger charge is 2.05. The minimum Gasteiger partial charge on any atom is -0.382 e. The molecule has 0 saturated carbocycles. The summed E-state index contributed by atoms with van der Waals surface area (Å²) in [6, 6.07) is 4.10. The number of hydrogen-bond donors (Lipinski definition) is 2. The lowest BCUT2D eigenvalue weighted by molar-refractivity contribution is 1.09. The highest BCUT2D eigenvalue weighted by Crippen LogP contribution is 2.16. The van der Waals surface area contributed by atoms with E-state index >= 15 is 0 Å². The minimum absolute atomic E-state index is 0.476. The summed E-state index contributed by atoms with van der Waals surface area (Å²) in [6.45, 7) is 0.733. The highest BCUT2D eigenvalue weighted by molar-refractivity contribution is 7.09. The van der Waals surface area contributed by atoms with Crippen LogP contribution in [0.1, 0.15) is 4.88 Å². The average Bonchev–Trinajstić information content (AvgIpc) is 2.95. The molecule has 3 aromatic rings. The van der Waals surface area contributed by atoms with Gasteiger partial charge in [-0.2, -0.15) is 0 Å². The number of imidazole rings is 1. The van der Waals surface area contributed by atoms with Crippen LogP contribution in [0.5, 0.6) is 0 Å². The Kier molecular flexibility index (Phi) is 2.41. The number of thiophene rings is 1. The van der Waals surface area contributed by atoms with Crippen molar-refractivity contribution in [3.05, 3.63) is 41.0 Å². The van der Waals surface area contributed by atoms with Gasteiger partial charge in [0.25, 0.3) is 0 Å². The van der Waals surface area contributed by atoms with Gasteiger partial charge in [0.1, 0.15) is 5.82 Å². The molecule has 0 amide bonds. The maximum atomic E-state index is 5.74. The molecule has 5 nitrogen and oxygen atoms in total. The van der Waals surface area contributed by atoms with Gasteiger partial charge in [-0.25, -0.2) is 9.97 Å². The SMILES string of the molecule is Nc1cn2ccnc2c(NCc2cccs2)n1. The van der Waals surface area contributed by atoms with Gasteiger partial charge in [-0.1, -0.05) is 6.07 Å². The van der Waals surface area contributed by atoms with Gasteiger partial charge in [0.05, 0.1) is 12.7 Å². The first-order valence-electron chi connectivity index (χ1n) is 5.18. The van der Waals surface area contributed by atoms with Crippen LogP contribution in [0, 0.1) is 0 Å². The fourth-order valence-electron chi connectivity index (χ4n) is 1.65. The van der Waals surface area contributed by atoms with E-state index in [1.807, 2.05) is 16.7 Å². The van der Waals surface area contributed by atoms with Gasteiger partial charge in [-0.15, -0.1) is 11.3 Å². The predicted molar refractivity (Wildman–Crippen MR) is 69.0 cm³/mol. The number of anilines is 2. The Morgan fingerprint density at radius 2 is 2.41 bits per heavy atom. The number of nitrogens with two attached hydrogens (primary N) is 1. The Labute approximate surface area is 102 Å². The molecule has 0 bridgehead atoms. The van der Waals surface area contributed by atoms with Gasteiger partial charge in [0.15, 0.2) is 11.5 Å². The lowest BCUT2D eigenvalue weighted by atomic mass is 10.4. The second kappa shape index (κ2) is 4.06. The van der Waals surface area contributed by atoms with Crippen LogP contribution in [-0.4, -0.2) is 14.4 Å². The summed E-state index contributed by atoms with van der Waals surface area (Å²) in [6.07, 6.45) is 5.33. The largest absolute Gasteiger partial charge is 0.382 e. The molecule has 0 saturated heterocycles. The molecule has 0 spiro atoms. The molecule has 3 aromatic heterocycles. The molecule has 0 aliphatic heterocycles. The van der Waals surface area contributed by atoms with Crippen LogP contribution in [0.3, 0.4) is 0 Å². The normalized spacial score (nSPS) is 10.8. The molecule has 0 radical (unpaired) electrons. The van der Waals surface area contributed by atoms with E-state index in [0.717, 1.165) is 12.2 Å². The van der Waals surface area contributed by atoms with E-state index in [4.69, 9.17) is 5.73 Å². The van der Waals surface area contributed by atoms with E-state index in [1.165, 1.54) is 4.88 Å². The van der Waals surface area contributed by atoms with Crippen molar-refractivity contribution in [1.82, 2.24) is 14.4 Å². The van der Waals surface area contributed by atoms with Crippen molar-refractivity contribution in [3.63, 3.8) is 0 Å². The quantitative estimate of drug-likeness (QED) is 0.740. The maximum absolute atomic E-state index is 5.74. The smallest absolute Gasteiger partial charge is 0.180 e. The van der Waals surface area contributed by atoms with E-state index in [0.29, 0.717) is 11.6 Å². The van der Waals surface area contributed by atoms with Crippen molar-refractivity contribution in [3.8, 4) is 0 Å². The summed E-state index contributed by atoms with van der Waals surface area (Å²) in [7, 11) is 0. The molecule has 6 heteroatoms. The van der Waals surface area contributed by atoms with Crippen molar-refractivity contribution in [1.29, 1.82) is 0 Å². The van der Waals surface area contributed by atoms with Gasteiger partial charge < -0.3 is 15.5 Å². The number of rotatable bonds is 3.